The van der Waals surface area contributed by atoms with Gasteiger partial charge in [-0.1, -0.05) is 57.5 Å². The Morgan fingerprint density at radius 3 is 2.32 bits per heavy atom. The third kappa shape index (κ3) is 3.20. The van der Waals surface area contributed by atoms with Crippen molar-refractivity contribution in [3.63, 3.8) is 0 Å². The van der Waals surface area contributed by atoms with E-state index in [0.717, 1.165) is 12.5 Å². The summed E-state index contributed by atoms with van der Waals surface area (Å²) in [7, 11) is 0. The van der Waals surface area contributed by atoms with E-state index in [4.69, 9.17) is 0 Å². The summed E-state index contributed by atoms with van der Waals surface area (Å²) in [6.07, 6.45) is 6.55. The van der Waals surface area contributed by atoms with Crippen LogP contribution in [0.2, 0.25) is 0 Å². The van der Waals surface area contributed by atoms with Crippen molar-refractivity contribution in [2.45, 2.75) is 64.3 Å². The number of hydrogen-bond donors (Lipinski definition) is 1. The summed E-state index contributed by atoms with van der Waals surface area (Å²) in [6.45, 7) is 8.14. The quantitative estimate of drug-likeness (QED) is 0.723. The lowest BCUT2D eigenvalue weighted by molar-refractivity contribution is 0.294. The summed E-state index contributed by atoms with van der Waals surface area (Å²) in [4.78, 5) is 0. The zero-order valence-electron chi connectivity index (χ0n) is 12.8. The molecule has 1 fully saturated rings. The Balaban J connectivity index is 2.17. The molecule has 0 radical (unpaired) electrons. The van der Waals surface area contributed by atoms with Crippen molar-refractivity contribution in [1.82, 2.24) is 5.32 Å². The first-order chi connectivity index (χ1) is 9.24. The third-order valence-corrected chi connectivity index (χ3v) is 4.66. The fourth-order valence-electron chi connectivity index (χ4n) is 3.55. The van der Waals surface area contributed by atoms with Crippen LogP contribution in [0.4, 0.5) is 0 Å². The molecule has 1 aromatic rings. The molecule has 1 aromatic carbocycles. The molecule has 0 aliphatic heterocycles. The number of hydrogen-bond acceptors (Lipinski definition) is 1. The maximum Gasteiger partial charge on any atom is 0.0190 e. The second-order valence-electron chi connectivity index (χ2n) is 6.22. The van der Waals surface area contributed by atoms with Gasteiger partial charge in [0.2, 0.25) is 0 Å². The minimum Gasteiger partial charge on any atom is -0.313 e. The predicted octanol–water partition coefficient (Wildman–Crippen LogP) is 4.52. The molecule has 1 saturated carbocycles. The van der Waals surface area contributed by atoms with Gasteiger partial charge in [0.05, 0.1) is 0 Å². The minimum atomic E-state index is 0.422. The summed E-state index contributed by atoms with van der Waals surface area (Å²) >= 11 is 0. The lowest BCUT2D eigenvalue weighted by Crippen LogP contribution is -2.45. The number of rotatable bonds is 8. The van der Waals surface area contributed by atoms with Crippen molar-refractivity contribution in [3.05, 3.63) is 35.9 Å². The van der Waals surface area contributed by atoms with Crippen LogP contribution in [0.15, 0.2) is 30.3 Å². The van der Waals surface area contributed by atoms with Gasteiger partial charge in [-0.15, -0.1) is 0 Å². The Kier molecular flexibility index (Phi) is 5.04. The van der Waals surface area contributed by atoms with E-state index in [1.165, 1.54) is 32.1 Å². The van der Waals surface area contributed by atoms with Gasteiger partial charge in [-0.3, -0.25) is 0 Å². The zero-order valence-corrected chi connectivity index (χ0v) is 12.8. The molecule has 19 heavy (non-hydrogen) atoms. The van der Waals surface area contributed by atoms with E-state index in [0.29, 0.717) is 11.5 Å². The molecule has 0 bridgehead atoms. The molecule has 1 N–H and O–H groups in total. The molecule has 1 aliphatic carbocycles. The summed E-state index contributed by atoms with van der Waals surface area (Å²) in [6, 6.07) is 11.8. The highest BCUT2D eigenvalue weighted by Crippen LogP contribution is 2.53. The maximum absolute atomic E-state index is 3.86. The topological polar surface area (TPSA) is 12.0 Å². The molecule has 106 valence electrons. The Labute approximate surface area is 118 Å². The fraction of sp³-hybridized carbons (Fsp3) is 0.667. The van der Waals surface area contributed by atoms with Crippen molar-refractivity contribution in [2.75, 3.05) is 6.54 Å². The molecule has 0 spiro atoms. The van der Waals surface area contributed by atoms with Gasteiger partial charge in [0.1, 0.15) is 0 Å². The molecular formula is C18H29N. The molecular weight excluding hydrogens is 230 g/mol. The van der Waals surface area contributed by atoms with E-state index >= 15 is 0 Å². The van der Waals surface area contributed by atoms with Gasteiger partial charge in [-0.25, -0.2) is 0 Å². The average molecular weight is 259 g/mol. The molecule has 0 heterocycles. The van der Waals surface area contributed by atoms with Gasteiger partial charge in [-0.05, 0) is 43.7 Å². The first-order valence-electron chi connectivity index (χ1n) is 8.03. The summed E-state index contributed by atoms with van der Waals surface area (Å²) in [5, 5.41) is 3.86. The highest BCUT2D eigenvalue weighted by Gasteiger charge is 2.51. The van der Waals surface area contributed by atoms with Crippen molar-refractivity contribution in [2.24, 2.45) is 5.92 Å². The van der Waals surface area contributed by atoms with Gasteiger partial charge in [0.25, 0.3) is 0 Å². The van der Waals surface area contributed by atoms with Crippen LogP contribution < -0.4 is 5.32 Å². The molecule has 1 aliphatic rings. The molecule has 2 atom stereocenters. The van der Waals surface area contributed by atoms with Crippen LogP contribution in [-0.4, -0.2) is 12.6 Å². The smallest absolute Gasteiger partial charge is 0.0190 e. The standard InChI is InChI=1S/C18H29N/c1-4-9-15(3)17(19-14-5-2)18(12-13-18)16-10-7-6-8-11-16/h6-8,10-11,15,17,19H,4-5,9,12-14H2,1-3H3. The lowest BCUT2D eigenvalue weighted by atomic mass is 9.79. The third-order valence-electron chi connectivity index (χ3n) is 4.66. The van der Waals surface area contributed by atoms with Crippen LogP contribution in [0, 0.1) is 5.92 Å². The molecule has 0 saturated heterocycles. The van der Waals surface area contributed by atoms with Crippen molar-refractivity contribution in [1.29, 1.82) is 0 Å². The van der Waals surface area contributed by atoms with E-state index in [1.54, 1.807) is 5.56 Å². The predicted molar refractivity (Wildman–Crippen MR) is 83.5 cm³/mol. The van der Waals surface area contributed by atoms with Crippen LogP contribution in [0.5, 0.6) is 0 Å². The molecule has 0 aromatic heterocycles. The van der Waals surface area contributed by atoms with E-state index in [1.807, 2.05) is 0 Å². The van der Waals surface area contributed by atoms with Crippen LogP contribution in [-0.2, 0) is 5.41 Å². The summed E-state index contributed by atoms with van der Waals surface area (Å²) in [5.41, 5.74) is 1.97. The summed E-state index contributed by atoms with van der Waals surface area (Å²) in [5.74, 6) is 0.763. The van der Waals surface area contributed by atoms with Crippen molar-refractivity contribution in [3.8, 4) is 0 Å². The van der Waals surface area contributed by atoms with E-state index in [-0.39, 0.29) is 0 Å². The Morgan fingerprint density at radius 2 is 1.79 bits per heavy atom. The second-order valence-corrected chi connectivity index (χ2v) is 6.22. The molecule has 1 nitrogen and oxygen atoms in total. The Bertz CT molecular complexity index is 367. The van der Waals surface area contributed by atoms with E-state index in [9.17, 15) is 0 Å². The van der Waals surface area contributed by atoms with Crippen molar-refractivity contribution >= 4 is 0 Å². The molecule has 0 amide bonds. The summed E-state index contributed by atoms with van der Waals surface area (Å²) < 4.78 is 0. The number of nitrogens with one attached hydrogen (secondary N) is 1. The zero-order chi connectivity index (χ0) is 13.7. The Hall–Kier alpha value is -0.820. The molecule has 1 heteroatoms. The van der Waals surface area contributed by atoms with Crippen LogP contribution in [0.3, 0.4) is 0 Å². The number of benzene rings is 1. The van der Waals surface area contributed by atoms with Gasteiger partial charge in [0, 0.05) is 11.5 Å². The Morgan fingerprint density at radius 1 is 1.11 bits per heavy atom. The van der Waals surface area contributed by atoms with Crippen molar-refractivity contribution < 1.29 is 0 Å². The van der Waals surface area contributed by atoms with Gasteiger partial charge in [0.15, 0.2) is 0 Å². The minimum absolute atomic E-state index is 0.422. The molecule has 2 unspecified atom stereocenters. The van der Waals surface area contributed by atoms with Crippen LogP contribution >= 0.6 is 0 Å². The highest BCUT2D eigenvalue weighted by atomic mass is 15.0. The van der Waals surface area contributed by atoms with Gasteiger partial charge in [-0.2, -0.15) is 0 Å². The first-order valence-corrected chi connectivity index (χ1v) is 8.03. The second kappa shape index (κ2) is 6.56. The lowest BCUT2D eigenvalue weighted by Gasteiger charge is -2.33. The largest absolute Gasteiger partial charge is 0.313 e. The van der Waals surface area contributed by atoms with Crippen LogP contribution in [0.25, 0.3) is 0 Å². The maximum atomic E-state index is 3.86. The van der Waals surface area contributed by atoms with Gasteiger partial charge >= 0.3 is 0 Å². The monoisotopic (exact) mass is 259 g/mol. The average Bonchev–Trinajstić information content (AvgIpc) is 3.22. The fourth-order valence-corrected chi connectivity index (χ4v) is 3.55. The van der Waals surface area contributed by atoms with E-state index in [2.05, 4.69) is 56.4 Å². The first kappa shape index (κ1) is 14.6. The van der Waals surface area contributed by atoms with E-state index < -0.39 is 0 Å². The SMILES string of the molecule is CCCNC(C(C)CCC)C1(c2ccccc2)CC1. The normalized spacial score (nSPS) is 19.9. The highest BCUT2D eigenvalue weighted by molar-refractivity contribution is 5.34. The van der Waals surface area contributed by atoms with Gasteiger partial charge < -0.3 is 5.32 Å². The molecule has 2 rings (SSSR count). The van der Waals surface area contributed by atoms with Crippen LogP contribution in [0.1, 0.15) is 58.4 Å².